The molecule has 2 fully saturated rings. The highest BCUT2D eigenvalue weighted by Gasteiger charge is 2.26. The summed E-state index contributed by atoms with van der Waals surface area (Å²) in [5, 5.41) is 9.36. The Balaban J connectivity index is 1.50. The van der Waals surface area contributed by atoms with Crippen LogP contribution in [-0.4, -0.2) is 24.0 Å². The number of hydrogen-bond donors (Lipinski definition) is 2. The Kier molecular flexibility index (Phi) is 3.11. The van der Waals surface area contributed by atoms with Crippen LogP contribution in [0.1, 0.15) is 35.9 Å². The molecule has 1 aliphatic carbocycles. The summed E-state index contributed by atoms with van der Waals surface area (Å²) in [7, 11) is 0. The monoisotopic (exact) mass is 251 g/mol. The molecule has 1 saturated carbocycles. The molecular weight excluding hydrogens is 234 g/mol. The van der Waals surface area contributed by atoms with E-state index in [4.69, 9.17) is 0 Å². The van der Waals surface area contributed by atoms with Gasteiger partial charge < -0.3 is 10.6 Å². The van der Waals surface area contributed by atoms with Crippen LogP contribution in [-0.2, 0) is 11.3 Å². The van der Waals surface area contributed by atoms with Gasteiger partial charge in [0.25, 0.3) is 0 Å². The normalized spacial score (nSPS) is 23.9. The fourth-order valence-electron chi connectivity index (χ4n) is 2.16. The zero-order valence-corrected chi connectivity index (χ0v) is 10.6. The molecule has 1 saturated heterocycles. The van der Waals surface area contributed by atoms with Gasteiger partial charge in [-0.3, -0.25) is 4.79 Å². The fraction of sp³-hybridized carbons (Fsp3) is 0.667. The molecule has 3 rings (SSSR count). The molecule has 1 atom stereocenters. The predicted octanol–water partition coefficient (Wildman–Crippen LogP) is 1.25. The number of carbonyl (C=O) groups excluding carboxylic acids is 1. The largest absolute Gasteiger partial charge is 0.349 e. The van der Waals surface area contributed by atoms with Gasteiger partial charge in [0.2, 0.25) is 5.91 Å². The van der Waals surface area contributed by atoms with Gasteiger partial charge in [-0.2, -0.15) is 0 Å². The minimum absolute atomic E-state index is 0.151. The standard InChI is InChI=1S/C12H17N3OS/c16-12(9-3-4-13-5-9)14-6-11-15-10(7-17-11)8-1-2-8/h7-9,13H,1-6H2,(H,14,16). The predicted molar refractivity (Wildman–Crippen MR) is 66.9 cm³/mol. The van der Waals surface area contributed by atoms with Crippen molar-refractivity contribution in [2.45, 2.75) is 31.7 Å². The molecule has 2 aliphatic rings. The maximum absolute atomic E-state index is 11.8. The first-order chi connectivity index (χ1) is 8.33. The molecular formula is C12H17N3OS. The van der Waals surface area contributed by atoms with Crippen LogP contribution in [0.4, 0.5) is 0 Å². The van der Waals surface area contributed by atoms with Crippen molar-refractivity contribution in [1.29, 1.82) is 0 Å². The Bertz CT molecular complexity index is 408. The van der Waals surface area contributed by atoms with Gasteiger partial charge in [-0.1, -0.05) is 0 Å². The lowest BCUT2D eigenvalue weighted by Gasteiger charge is -2.07. The van der Waals surface area contributed by atoms with Gasteiger partial charge in [0.1, 0.15) is 5.01 Å². The molecule has 4 nitrogen and oxygen atoms in total. The van der Waals surface area contributed by atoms with E-state index in [0.717, 1.165) is 24.5 Å². The van der Waals surface area contributed by atoms with E-state index in [1.165, 1.54) is 18.5 Å². The first-order valence-electron chi connectivity index (χ1n) is 6.25. The number of hydrogen-bond acceptors (Lipinski definition) is 4. The number of aromatic nitrogens is 1. The zero-order chi connectivity index (χ0) is 11.7. The second-order valence-electron chi connectivity index (χ2n) is 4.85. The molecule has 0 radical (unpaired) electrons. The molecule has 5 heteroatoms. The molecule has 1 unspecified atom stereocenters. The Labute approximate surface area is 105 Å². The Morgan fingerprint density at radius 2 is 2.41 bits per heavy atom. The summed E-state index contributed by atoms with van der Waals surface area (Å²) in [5.74, 6) is 1.02. The Morgan fingerprint density at radius 3 is 3.12 bits per heavy atom. The highest BCUT2D eigenvalue weighted by Crippen LogP contribution is 2.40. The third-order valence-corrected chi connectivity index (χ3v) is 4.28. The van der Waals surface area contributed by atoms with Crippen LogP contribution in [0, 0.1) is 5.92 Å². The summed E-state index contributed by atoms with van der Waals surface area (Å²) < 4.78 is 0. The van der Waals surface area contributed by atoms with Gasteiger partial charge in [0, 0.05) is 17.8 Å². The van der Waals surface area contributed by atoms with Gasteiger partial charge in [-0.15, -0.1) is 11.3 Å². The van der Waals surface area contributed by atoms with E-state index in [1.54, 1.807) is 11.3 Å². The van der Waals surface area contributed by atoms with E-state index in [-0.39, 0.29) is 11.8 Å². The number of thiazole rings is 1. The van der Waals surface area contributed by atoms with Crippen LogP contribution in [0.25, 0.3) is 0 Å². The lowest BCUT2D eigenvalue weighted by atomic mass is 10.1. The summed E-state index contributed by atoms with van der Waals surface area (Å²) in [6.07, 6.45) is 3.52. The van der Waals surface area contributed by atoms with Crippen molar-refractivity contribution in [2.24, 2.45) is 5.92 Å². The molecule has 2 N–H and O–H groups in total. The van der Waals surface area contributed by atoms with E-state index in [0.29, 0.717) is 12.5 Å². The van der Waals surface area contributed by atoms with Crippen LogP contribution in [0.2, 0.25) is 0 Å². The SMILES string of the molecule is O=C(NCc1nc(C2CC2)cs1)C1CCNC1. The average Bonchev–Trinajstić information content (AvgIpc) is 2.88. The number of nitrogens with zero attached hydrogens (tertiary/aromatic N) is 1. The maximum Gasteiger partial charge on any atom is 0.224 e. The van der Waals surface area contributed by atoms with Crippen molar-refractivity contribution in [1.82, 2.24) is 15.6 Å². The quantitative estimate of drug-likeness (QED) is 0.846. The number of carbonyl (C=O) groups is 1. The van der Waals surface area contributed by atoms with E-state index in [9.17, 15) is 4.79 Å². The molecule has 17 heavy (non-hydrogen) atoms. The van der Waals surface area contributed by atoms with E-state index >= 15 is 0 Å². The lowest BCUT2D eigenvalue weighted by Crippen LogP contribution is -2.31. The summed E-state index contributed by atoms with van der Waals surface area (Å²) >= 11 is 1.66. The molecule has 1 aliphatic heterocycles. The minimum Gasteiger partial charge on any atom is -0.349 e. The molecule has 1 amide bonds. The second-order valence-corrected chi connectivity index (χ2v) is 5.79. The summed E-state index contributed by atoms with van der Waals surface area (Å²) in [6.45, 7) is 2.37. The van der Waals surface area contributed by atoms with Gasteiger partial charge in [0.15, 0.2) is 0 Å². The van der Waals surface area contributed by atoms with Crippen molar-refractivity contribution in [2.75, 3.05) is 13.1 Å². The summed E-state index contributed by atoms with van der Waals surface area (Å²) in [4.78, 5) is 16.4. The van der Waals surface area contributed by atoms with Crippen molar-refractivity contribution in [3.63, 3.8) is 0 Å². The summed E-state index contributed by atoms with van der Waals surface area (Å²) in [5.41, 5.74) is 1.22. The van der Waals surface area contributed by atoms with Crippen molar-refractivity contribution in [3.8, 4) is 0 Å². The fourth-order valence-corrected chi connectivity index (χ4v) is 2.97. The molecule has 2 heterocycles. The first-order valence-corrected chi connectivity index (χ1v) is 7.13. The van der Waals surface area contributed by atoms with Crippen molar-refractivity contribution >= 4 is 17.2 Å². The smallest absolute Gasteiger partial charge is 0.224 e. The van der Waals surface area contributed by atoms with Crippen LogP contribution < -0.4 is 10.6 Å². The molecule has 0 bridgehead atoms. The van der Waals surface area contributed by atoms with Crippen LogP contribution in [0.15, 0.2) is 5.38 Å². The third kappa shape index (κ3) is 2.66. The van der Waals surface area contributed by atoms with E-state index in [1.807, 2.05) is 0 Å². The first kappa shape index (κ1) is 11.2. The van der Waals surface area contributed by atoms with Crippen LogP contribution in [0.3, 0.4) is 0 Å². The summed E-state index contributed by atoms with van der Waals surface area (Å²) in [6, 6.07) is 0. The average molecular weight is 251 g/mol. The number of rotatable bonds is 4. The topological polar surface area (TPSA) is 54.0 Å². The number of amides is 1. The molecule has 0 aromatic carbocycles. The molecule has 1 aromatic heterocycles. The second kappa shape index (κ2) is 4.74. The van der Waals surface area contributed by atoms with Gasteiger partial charge in [0.05, 0.1) is 18.2 Å². The third-order valence-electron chi connectivity index (χ3n) is 3.41. The van der Waals surface area contributed by atoms with Crippen molar-refractivity contribution in [3.05, 3.63) is 16.1 Å². The van der Waals surface area contributed by atoms with Crippen LogP contribution >= 0.6 is 11.3 Å². The highest BCUT2D eigenvalue weighted by atomic mass is 32.1. The number of nitrogens with one attached hydrogen (secondary N) is 2. The minimum atomic E-state index is 0.151. The maximum atomic E-state index is 11.8. The zero-order valence-electron chi connectivity index (χ0n) is 9.74. The van der Waals surface area contributed by atoms with E-state index < -0.39 is 0 Å². The molecule has 92 valence electrons. The van der Waals surface area contributed by atoms with Gasteiger partial charge >= 0.3 is 0 Å². The van der Waals surface area contributed by atoms with Gasteiger partial charge in [-0.25, -0.2) is 4.98 Å². The Hall–Kier alpha value is -0.940. The Morgan fingerprint density at radius 1 is 1.53 bits per heavy atom. The lowest BCUT2D eigenvalue weighted by molar-refractivity contribution is -0.124. The van der Waals surface area contributed by atoms with Crippen molar-refractivity contribution < 1.29 is 4.79 Å². The van der Waals surface area contributed by atoms with Gasteiger partial charge in [-0.05, 0) is 25.8 Å². The van der Waals surface area contributed by atoms with E-state index in [2.05, 4.69) is 21.0 Å². The molecule has 1 aromatic rings. The molecule has 0 spiro atoms. The highest BCUT2D eigenvalue weighted by molar-refractivity contribution is 7.09. The van der Waals surface area contributed by atoms with Crippen LogP contribution in [0.5, 0.6) is 0 Å².